The Labute approximate surface area is 84.6 Å². The van der Waals surface area contributed by atoms with Gasteiger partial charge in [-0.2, -0.15) is 0 Å². The summed E-state index contributed by atoms with van der Waals surface area (Å²) in [6.45, 7) is 6.41. The highest BCUT2D eigenvalue weighted by molar-refractivity contribution is 5.73. The van der Waals surface area contributed by atoms with Crippen LogP contribution < -0.4 is 0 Å². The van der Waals surface area contributed by atoms with Gasteiger partial charge in [0.15, 0.2) is 0 Å². The summed E-state index contributed by atoms with van der Waals surface area (Å²) >= 11 is 0. The number of ether oxygens (including phenoxy) is 1. The number of esters is 1. The Bertz CT molecular complexity index is 336. The fraction of sp³-hybridized carbons (Fsp3) is 0.583. The van der Waals surface area contributed by atoms with E-state index in [0.29, 0.717) is 18.3 Å². The Morgan fingerprint density at radius 2 is 1.93 bits per heavy atom. The normalized spacial score (nSPS) is 32.2. The van der Waals surface area contributed by atoms with Crippen LogP contribution >= 0.6 is 0 Å². The standard InChI is InChI=1S/C12H16O2/c1-7-4-8(2)12-9(3)6-11(13)14-10(12)5-7/h5,8-9H,4,6H2,1-3H3. The van der Waals surface area contributed by atoms with Gasteiger partial charge >= 0.3 is 5.97 Å². The first kappa shape index (κ1) is 9.50. The lowest BCUT2D eigenvalue weighted by Crippen LogP contribution is -2.25. The van der Waals surface area contributed by atoms with Crippen molar-refractivity contribution in [1.29, 1.82) is 0 Å². The molecule has 0 aromatic carbocycles. The molecule has 0 N–H and O–H groups in total. The topological polar surface area (TPSA) is 26.3 Å². The van der Waals surface area contributed by atoms with Crippen LogP contribution in [0.3, 0.4) is 0 Å². The minimum atomic E-state index is -0.0885. The molecule has 1 aliphatic carbocycles. The van der Waals surface area contributed by atoms with E-state index in [1.807, 2.05) is 6.08 Å². The van der Waals surface area contributed by atoms with Gasteiger partial charge in [0, 0.05) is 0 Å². The molecule has 1 aliphatic heterocycles. The summed E-state index contributed by atoms with van der Waals surface area (Å²) < 4.78 is 5.27. The highest BCUT2D eigenvalue weighted by Gasteiger charge is 2.31. The van der Waals surface area contributed by atoms with Crippen molar-refractivity contribution in [2.24, 2.45) is 11.8 Å². The van der Waals surface area contributed by atoms with Crippen molar-refractivity contribution in [2.45, 2.75) is 33.6 Å². The quantitative estimate of drug-likeness (QED) is 0.552. The predicted octanol–water partition coefficient (Wildman–Crippen LogP) is 2.81. The second-order valence-electron chi connectivity index (χ2n) is 4.49. The molecular weight excluding hydrogens is 176 g/mol. The summed E-state index contributed by atoms with van der Waals surface area (Å²) in [7, 11) is 0. The molecule has 0 saturated heterocycles. The maximum absolute atomic E-state index is 11.3. The summed E-state index contributed by atoms with van der Waals surface area (Å²) in [6.07, 6.45) is 3.65. The van der Waals surface area contributed by atoms with Gasteiger partial charge in [-0.1, -0.05) is 19.4 Å². The molecule has 0 spiro atoms. The number of hydrogen-bond donors (Lipinski definition) is 0. The molecule has 2 aliphatic rings. The highest BCUT2D eigenvalue weighted by Crippen LogP contribution is 2.38. The second kappa shape index (κ2) is 3.26. The van der Waals surface area contributed by atoms with E-state index in [1.54, 1.807) is 0 Å². The smallest absolute Gasteiger partial charge is 0.311 e. The van der Waals surface area contributed by atoms with Crippen LogP contribution in [0.15, 0.2) is 23.0 Å². The Morgan fingerprint density at radius 1 is 1.29 bits per heavy atom. The molecule has 0 radical (unpaired) electrons. The van der Waals surface area contributed by atoms with Gasteiger partial charge < -0.3 is 4.74 Å². The molecule has 0 amide bonds. The van der Waals surface area contributed by atoms with Crippen LogP contribution in [-0.2, 0) is 9.53 Å². The minimum absolute atomic E-state index is 0.0885. The first-order chi connectivity index (χ1) is 6.58. The summed E-state index contributed by atoms with van der Waals surface area (Å²) in [5, 5.41) is 0. The van der Waals surface area contributed by atoms with Gasteiger partial charge in [-0.05, 0) is 36.8 Å². The Morgan fingerprint density at radius 3 is 2.64 bits per heavy atom. The van der Waals surface area contributed by atoms with Gasteiger partial charge in [0.05, 0.1) is 6.42 Å². The van der Waals surface area contributed by atoms with Gasteiger partial charge in [0.1, 0.15) is 5.76 Å². The minimum Gasteiger partial charge on any atom is -0.427 e. The van der Waals surface area contributed by atoms with Crippen LogP contribution in [0, 0.1) is 11.8 Å². The number of allylic oxidation sites excluding steroid dienone is 3. The van der Waals surface area contributed by atoms with E-state index >= 15 is 0 Å². The monoisotopic (exact) mass is 192 g/mol. The number of carbonyl (C=O) groups is 1. The SMILES string of the molecule is CC1=CC2=C(C(C)CC(=O)O2)C(C)C1. The van der Waals surface area contributed by atoms with Crippen molar-refractivity contribution in [3.8, 4) is 0 Å². The zero-order valence-electron chi connectivity index (χ0n) is 8.96. The van der Waals surface area contributed by atoms with Crippen LogP contribution in [0.1, 0.15) is 33.6 Å². The van der Waals surface area contributed by atoms with E-state index in [-0.39, 0.29) is 5.97 Å². The van der Waals surface area contributed by atoms with Crippen LogP contribution in [0.25, 0.3) is 0 Å². The number of hydrogen-bond acceptors (Lipinski definition) is 2. The molecule has 76 valence electrons. The maximum atomic E-state index is 11.3. The third-order valence-electron chi connectivity index (χ3n) is 3.05. The van der Waals surface area contributed by atoms with Crippen molar-refractivity contribution in [3.05, 3.63) is 23.0 Å². The van der Waals surface area contributed by atoms with E-state index in [9.17, 15) is 4.79 Å². The molecule has 0 aromatic heterocycles. The third-order valence-corrected chi connectivity index (χ3v) is 3.05. The Hall–Kier alpha value is -1.05. The van der Waals surface area contributed by atoms with Crippen molar-refractivity contribution in [1.82, 2.24) is 0 Å². The van der Waals surface area contributed by atoms with E-state index < -0.39 is 0 Å². The van der Waals surface area contributed by atoms with Crippen LogP contribution in [-0.4, -0.2) is 5.97 Å². The zero-order chi connectivity index (χ0) is 10.3. The summed E-state index contributed by atoms with van der Waals surface area (Å²) in [5.74, 6) is 1.61. The van der Waals surface area contributed by atoms with Crippen molar-refractivity contribution in [3.63, 3.8) is 0 Å². The zero-order valence-corrected chi connectivity index (χ0v) is 8.96. The Balaban J connectivity index is 2.41. The average molecular weight is 192 g/mol. The first-order valence-corrected chi connectivity index (χ1v) is 5.20. The molecule has 2 heteroatoms. The molecule has 0 aromatic rings. The summed E-state index contributed by atoms with van der Waals surface area (Å²) in [6, 6.07) is 0. The molecular formula is C12H16O2. The van der Waals surface area contributed by atoms with E-state index in [1.165, 1.54) is 11.1 Å². The van der Waals surface area contributed by atoms with Gasteiger partial charge in [-0.25, -0.2) is 0 Å². The second-order valence-corrected chi connectivity index (χ2v) is 4.49. The molecule has 0 saturated carbocycles. The van der Waals surface area contributed by atoms with Gasteiger partial charge in [-0.3, -0.25) is 4.79 Å². The van der Waals surface area contributed by atoms with Crippen LogP contribution in [0.2, 0.25) is 0 Å². The first-order valence-electron chi connectivity index (χ1n) is 5.20. The van der Waals surface area contributed by atoms with Gasteiger partial charge in [-0.15, -0.1) is 0 Å². The highest BCUT2D eigenvalue weighted by atomic mass is 16.5. The fourth-order valence-electron chi connectivity index (χ4n) is 2.54. The van der Waals surface area contributed by atoms with Crippen molar-refractivity contribution in [2.75, 3.05) is 0 Å². The summed E-state index contributed by atoms with van der Waals surface area (Å²) in [4.78, 5) is 11.3. The van der Waals surface area contributed by atoms with Gasteiger partial charge in [0.25, 0.3) is 0 Å². The van der Waals surface area contributed by atoms with E-state index in [0.717, 1.165) is 12.2 Å². The van der Waals surface area contributed by atoms with E-state index in [4.69, 9.17) is 4.74 Å². The number of rotatable bonds is 0. The van der Waals surface area contributed by atoms with E-state index in [2.05, 4.69) is 20.8 Å². The van der Waals surface area contributed by atoms with Crippen molar-refractivity contribution < 1.29 is 9.53 Å². The fourth-order valence-corrected chi connectivity index (χ4v) is 2.54. The Kier molecular flexibility index (Phi) is 2.22. The molecule has 2 unspecified atom stereocenters. The lowest BCUT2D eigenvalue weighted by molar-refractivity contribution is -0.141. The van der Waals surface area contributed by atoms with Crippen molar-refractivity contribution >= 4 is 5.97 Å². The molecule has 2 nitrogen and oxygen atoms in total. The third kappa shape index (κ3) is 1.49. The predicted molar refractivity (Wildman–Crippen MR) is 54.4 cm³/mol. The molecule has 2 rings (SSSR count). The molecule has 0 fully saturated rings. The number of carbonyl (C=O) groups excluding carboxylic acids is 1. The van der Waals surface area contributed by atoms with Gasteiger partial charge in [0.2, 0.25) is 0 Å². The molecule has 2 atom stereocenters. The summed E-state index contributed by atoms with van der Waals surface area (Å²) in [5.41, 5.74) is 2.63. The van der Waals surface area contributed by atoms with Crippen LogP contribution in [0.5, 0.6) is 0 Å². The average Bonchev–Trinajstić information content (AvgIpc) is 1.99. The molecule has 1 heterocycles. The van der Waals surface area contributed by atoms with Crippen LogP contribution in [0.4, 0.5) is 0 Å². The lowest BCUT2D eigenvalue weighted by atomic mass is 9.79. The lowest BCUT2D eigenvalue weighted by Gasteiger charge is -2.31. The largest absolute Gasteiger partial charge is 0.427 e. The molecule has 14 heavy (non-hydrogen) atoms. The molecule has 0 bridgehead atoms. The maximum Gasteiger partial charge on any atom is 0.311 e.